The van der Waals surface area contributed by atoms with E-state index in [-0.39, 0.29) is 5.56 Å². The van der Waals surface area contributed by atoms with Gasteiger partial charge in [-0.1, -0.05) is 13.8 Å². The minimum atomic E-state index is 0.0219. The van der Waals surface area contributed by atoms with E-state index in [1.807, 2.05) is 12.4 Å². The molecule has 2 aromatic heterocycles. The summed E-state index contributed by atoms with van der Waals surface area (Å²) in [6, 6.07) is 3.35. The average Bonchev–Trinajstić information content (AvgIpc) is 2.67. The number of halogens is 1. The first-order valence-electron chi connectivity index (χ1n) is 5.47. The van der Waals surface area contributed by atoms with Crippen LogP contribution in [0.3, 0.4) is 0 Å². The summed E-state index contributed by atoms with van der Waals surface area (Å²) in [5.74, 6) is 0.437. The van der Waals surface area contributed by atoms with Gasteiger partial charge in [0.2, 0.25) is 0 Å². The normalized spacial score (nSPS) is 11.1. The molecule has 2 rings (SSSR count). The van der Waals surface area contributed by atoms with E-state index >= 15 is 0 Å². The smallest absolute Gasteiger partial charge is 0.250 e. The topological polar surface area (TPSA) is 39.8 Å². The van der Waals surface area contributed by atoms with Crippen molar-refractivity contribution >= 4 is 15.9 Å². The second-order valence-corrected chi connectivity index (χ2v) is 5.29. The van der Waals surface area contributed by atoms with Crippen molar-refractivity contribution in [1.29, 1.82) is 0 Å². The van der Waals surface area contributed by atoms with Gasteiger partial charge in [0.25, 0.3) is 5.56 Å². The van der Waals surface area contributed by atoms with Gasteiger partial charge in [-0.15, -0.1) is 0 Å². The molecule has 0 bridgehead atoms. The van der Waals surface area contributed by atoms with E-state index in [1.165, 1.54) is 0 Å². The molecule has 0 saturated carbocycles. The summed E-state index contributed by atoms with van der Waals surface area (Å²) in [4.78, 5) is 11.7. The lowest BCUT2D eigenvalue weighted by Gasteiger charge is -2.10. The van der Waals surface area contributed by atoms with Crippen molar-refractivity contribution in [3.8, 4) is 5.69 Å². The largest absolute Gasteiger partial charge is 0.313 e. The van der Waals surface area contributed by atoms with E-state index < -0.39 is 0 Å². The molecule has 4 nitrogen and oxygen atoms in total. The van der Waals surface area contributed by atoms with Gasteiger partial charge in [0, 0.05) is 25.0 Å². The molecule has 0 N–H and O–H groups in total. The van der Waals surface area contributed by atoms with Crippen LogP contribution in [0.4, 0.5) is 0 Å². The maximum Gasteiger partial charge on any atom is 0.250 e. The quantitative estimate of drug-likeness (QED) is 0.873. The zero-order chi connectivity index (χ0) is 12.4. The summed E-state index contributed by atoms with van der Waals surface area (Å²) < 4.78 is 4.37. The Morgan fingerprint density at radius 2 is 2.12 bits per heavy atom. The van der Waals surface area contributed by atoms with Crippen LogP contribution in [0.15, 0.2) is 40.0 Å². The number of hydrogen-bond acceptors (Lipinski definition) is 2. The highest BCUT2D eigenvalue weighted by atomic mass is 79.9. The maximum absolute atomic E-state index is 11.7. The third-order valence-corrected chi connectivity index (χ3v) is 2.75. The van der Waals surface area contributed by atoms with Gasteiger partial charge in [0.1, 0.15) is 0 Å². The Bertz CT molecular complexity index is 571. The summed E-state index contributed by atoms with van der Waals surface area (Å²) >= 11 is 3.35. The van der Waals surface area contributed by atoms with Crippen LogP contribution in [0, 0.1) is 5.92 Å². The lowest BCUT2D eigenvalue weighted by Crippen LogP contribution is -2.21. The average molecular weight is 296 g/mol. The van der Waals surface area contributed by atoms with E-state index in [2.05, 4.69) is 34.9 Å². The molecule has 0 aliphatic heterocycles. The van der Waals surface area contributed by atoms with Gasteiger partial charge in [0.05, 0.1) is 16.4 Å². The minimum Gasteiger partial charge on any atom is -0.313 e. The molecule has 0 unspecified atom stereocenters. The van der Waals surface area contributed by atoms with Gasteiger partial charge in [-0.2, -0.15) is 5.10 Å². The summed E-state index contributed by atoms with van der Waals surface area (Å²) in [7, 11) is 0. The Kier molecular flexibility index (Phi) is 3.47. The third kappa shape index (κ3) is 2.85. The summed E-state index contributed by atoms with van der Waals surface area (Å²) in [6.45, 7) is 4.89. The second-order valence-electron chi connectivity index (χ2n) is 4.37. The second kappa shape index (κ2) is 4.87. The maximum atomic E-state index is 11.7. The summed E-state index contributed by atoms with van der Waals surface area (Å²) in [6.07, 6.45) is 5.42. The Morgan fingerprint density at radius 3 is 2.71 bits per heavy atom. The molecule has 0 fully saturated rings. The van der Waals surface area contributed by atoms with E-state index in [9.17, 15) is 4.79 Å². The van der Waals surface area contributed by atoms with E-state index in [0.29, 0.717) is 5.92 Å². The molecular formula is C12H14BrN3O. The first-order chi connectivity index (χ1) is 8.06. The molecule has 0 atom stereocenters. The van der Waals surface area contributed by atoms with Crippen LogP contribution >= 0.6 is 15.9 Å². The molecule has 0 spiro atoms. The van der Waals surface area contributed by atoms with Gasteiger partial charge in [-0.05, 0) is 27.9 Å². The van der Waals surface area contributed by atoms with Gasteiger partial charge in [-0.25, -0.2) is 4.68 Å². The molecule has 0 aromatic carbocycles. The molecule has 2 aromatic rings. The predicted molar refractivity (Wildman–Crippen MR) is 70.4 cm³/mol. The first kappa shape index (κ1) is 12.1. The van der Waals surface area contributed by atoms with Crippen molar-refractivity contribution in [2.75, 3.05) is 0 Å². The van der Waals surface area contributed by atoms with Crippen LogP contribution in [0.1, 0.15) is 13.8 Å². The monoisotopic (exact) mass is 295 g/mol. The Morgan fingerprint density at radius 1 is 1.35 bits per heavy atom. The van der Waals surface area contributed by atoms with Crippen molar-refractivity contribution in [2.45, 2.75) is 20.4 Å². The molecule has 17 heavy (non-hydrogen) atoms. The number of rotatable bonds is 3. The highest BCUT2D eigenvalue weighted by Gasteiger charge is 2.03. The number of nitrogens with zero attached hydrogens (tertiary/aromatic N) is 3. The van der Waals surface area contributed by atoms with Crippen molar-refractivity contribution in [1.82, 2.24) is 14.3 Å². The number of pyridine rings is 1. The third-order valence-electron chi connectivity index (χ3n) is 2.35. The summed E-state index contributed by atoms with van der Waals surface area (Å²) in [5, 5.41) is 4.19. The Hall–Kier alpha value is -1.36. The first-order valence-corrected chi connectivity index (χ1v) is 6.26. The lowest BCUT2D eigenvalue weighted by molar-refractivity contribution is 0.509. The van der Waals surface area contributed by atoms with Gasteiger partial charge >= 0.3 is 0 Å². The van der Waals surface area contributed by atoms with Crippen LogP contribution < -0.4 is 5.56 Å². The molecule has 0 amide bonds. The molecule has 0 aliphatic rings. The SMILES string of the molecule is CC(C)Cn1cc(-n2cc(Br)cn2)ccc1=O. The minimum absolute atomic E-state index is 0.0219. The fraction of sp³-hybridized carbons (Fsp3) is 0.333. The van der Waals surface area contributed by atoms with Gasteiger partial charge in [0.15, 0.2) is 0 Å². The zero-order valence-electron chi connectivity index (χ0n) is 9.80. The molecule has 0 radical (unpaired) electrons. The van der Waals surface area contributed by atoms with E-state index in [0.717, 1.165) is 16.7 Å². The molecule has 0 aliphatic carbocycles. The number of hydrogen-bond donors (Lipinski definition) is 0. The van der Waals surface area contributed by atoms with Gasteiger partial charge in [-0.3, -0.25) is 4.79 Å². The zero-order valence-corrected chi connectivity index (χ0v) is 11.4. The van der Waals surface area contributed by atoms with Crippen LogP contribution in [0.2, 0.25) is 0 Å². The van der Waals surface area contributed by atoms with Crippen molar-refractivity contribution in [2.24, 2.45) is 5.92 Å². The van der Waals surface area contributed by atoms with Gasteiger partial charge < -0.3 is 4.57 Å². The molecule has 90 valence electrons. The molecular weight excluding hydrogens is 282 g/mol. The molecule has 2 heterocycles. The van der Waals surface area contributed by atoms with Crippen molar-refractivity contribution in [3.63, 3.8) is 0 Å². The van der Waals surface area contributed by atoms with E-state index in [4.69, 9.17) is 0 Å². The fourth-order valence-electron chi connectivity index (χ4n) is 1.63. The van der Waals surface area contributed by atoms with Crippen molar-refractivity contribution < 1.29 is 0 Å². The highest BCUT2D eigenvalue weighted by molar-refractivity contribution is 9.10. The standard InChI is InChI=1S/C12H14BrN3O/c1-9(2)6-15-8-11(3-4-12(15)17)16-7-10(13)5-14-16/h3-5,7-9H,6H2,1-2H3. The lowest BCUT2D eigenvalue weighted by atomic mass is 10.2. The predicted octanol–water partition coefficient (Wildman–Crippen LogP) is 2.45. The highest BCUT2D eigenvalue weighted by Crippen LogP contribution is 2.11. The number of aromatic nitrogens is 3. The molecule has 0 saturated heterocycles. The van der Waals surface area contributed by atoms with E-state index in [1.54, 1.807) is 27.6 Å². The fourth-order valence-corrected chi connectivity index (χ4v) is 1.92. The van der Waals surface area contributed by atoms with Crippen LogP contribution in [0.25, 0.3) is 5.69 Å². The van der Waals surface area contributed by atoms with Crippen LogP contribution in [-0.4, -0.2) is 14.3 Å². The van der Waals surface area contributed by atoms with Crippen LogP contribution in [0.5, 0.6) is 0 Å². The van der Waals surface area contributed by atoms with Crippen molar-refractivity contribution in [3.05, 3.63) is 45.5 Å². The summed E-state index contributed by atoms with van der Waals surface area (Å²) in [5.41, 5.74) is 0.907. The van der Waals surface area contributed by atoms with Crippen LogP contribution in [-0.2, 0) is 6.54 Å². The Labute approximate surface area is 108 Å². The Balaban J connectivity index is 2.40. The molecule has 5 heteroatoms.